The second-order valence-corrected chi connectivity index (χ2v) is 10.00. The molecule has 0 aliphatic carbocycles. The molecule has 1 aromatic heterocycles. The predicted octanol–water partition coefficient (Wildman–Crippen LogP) is 4.03. The van der Waals surface area contributed by atoms with Crippen molar-refractivity contribution < 1.29 is 8.42 Å². The molecule has 0 aliphatic rings. The fraction of sp³-hybridized carbons (Fsp3) is 0.435. The summed E-state index contributed by atoms with van der Waals surface area (Å²) in [6.07, 6.45) is 0.986. The van der Waals surface area contributed by atoms with E-state index in [0.717, 1.165) is 49.5 Å². The maximum atomic E-state index is 12.5. The third-order valence-electron chi connectivity index (χ3n) is 5.49. The topological polar surface area (TPSA) is 58.4 Å². The number of rotatable bonds is 9. The molecule has 0 radical (unpaired) electrons. The molecule has 0 saturated heterocycles. The summed E-state index contributed by atoms with van der Waals surface area (Å²) in [6.45, 7) is 9.78. The van der Waals surface area contributed by atoms with Crippen LogP contribution in [-0.2, 0) is 29.7 Å². The maximum absolute atomic E-state index is 12.5. The molecule has 30 heavy (non-hydrogen) atoms. The van der Waals surface area contributed by atoms with E-state index >= 15 is 0 Å². The summed E-state index contributed by atoms with van der Waals surface area (Å²) in [5.41, 5.74) is 4.32. The molecule has 0 aliphatic heterocycles. The van der Waals surface area contributed by atoms with Crippen LogP contribution >= 0.6 is 0 Å². The number of imidazole rings is 1. The van der Waals surface area contributed by atoms with Gasteiger partial charge in [-0.25, -0.2) is 17.7 Å². The smallest absolute Gasteiger partial charge is 0.242 e. The molecule has 6 nitrogen and oxygen atoms in total. The Morgan fingerprint density at radius 3 is 2.40 bits per heavy atom. The van der Waals surface area contributed by atoms with Crippen molar-refractivity contribution in [2.24, 2.45) is 0 Å². The van der Waals surface area contributed by atoms with Gasteiger partial charge in [-0.2, -0.15) is 0 Å². The van der Waals surface area contributed by atoms with Gasteiger partial charge >= 0.3 is 0 Å². The fourth-order valence-corrected chi connectivity index (χ4v) is 4.55. The molecular formula is C23H32N4O2S. The minimum atomic E-state index is -3.48. The Hall–Kier alpha value is -2.22. The van der Waals surface area contributed by atoms with Gasteiger partial charge in [0.25, 0.3) is 0 Å². The summed E-state index contributed by atoms with van der Waals surface area (Å²) in [6, 6.07) is 13.7. The van der Waals surface area contributed by atoms with E-state index in [1.54, 1.807) is 26.2 Å². The van der Waals surface area contributed by atoms with E-state index in [9.17, 15) is 8.42 Å². The lowest BCUT2D eigenvalue weighted by Gasteiger charge is -2.22. The lowest BCUT2D eigenvalue weighted by Crippen LogP contribution is -2.24. The van der Waals surface area contributed by atoms with Gasteiger partial charge in [0.05, 0.1) is 22.5 Å². The van der Waals surface area contributed by atoms with Crippen LogP contribution in [0.5, 0.6) is 0 Å². The molecule has 0 atom stereocenters. The number of aromatic nitrogens is 2. The summed E-state index contributed by atoms with van der Waals surface area (Å²) < 4.78 is 28.5. The van der Waals surface area contributed by atoms with Gasteiger partial charge in [0.1, 0.15) is 5.82 Å². The van der Waals surface area contributed by atoms with Crippen LogP contribution in [0.2, 0.25) is 0 Å². The second kappa shape index (κ2) is 9.29. The predicted molar refractivity (Wildman–Crippen MR) is 122 cm³/mol. The summed E-state index contributed by atoms with van der Waals surface area (Å²) in [7, 11) is -0.390. The first-order chi connectivity index (χ1) is 14.3. The summed E-state index contributed by atoms with van der Waals surface area (Å²) in [4.78, 5) is 7.50. The molecule has 7 heteroatoms. The van der Waals surface area contributed by atoms with Crippen molar-refractivity contribution in [1.29, 1.82) is 0 Å². The van der Waals surface area contributed by atoms with Crippen LogP contribution in [0.1, 0.15) is 37.2 Å². The molecule has 162 valence electrons. The number of aryl methyl sites for hydroxylation is 2. The molecular weight excluding hydrogens is 396 g/mol. The van der Waals surface area contributed by atoms with Gasteiger partial charge < -0.3 is 4.57 Å². The van der Waals surface area contributed by atoms with Crippen LogP contribution in [-0.4, -0.2) is 47.8 Å². The highest BCUT2D eigenvalue weighted by Gasteiger charge is 2.20. The van der Waals surface area contributed by atoms with Gasteiger partial charge in [-0.15, -0.1) is 0 Å². The molecule has 0 fully saturated rings. The molecule has 2 aromatic carbocycles. The molecule has 0 bridgehead atoms. The summed E-state index contributed by atoms with van der Waals surface area (Å²) in [5.74, 6) is 0.974. The lowest BCUT2D eigenvalue weighted by molar-refractivity contribution is 0.260. The minimum Gasteiger partial charge on any atom is -0.327 e. The van der Waals surface area contributed by atoms with Crippen molar-refractivity contribution in [1.82, 2.24) is 18.8 Å². The number of hydrogen-bond donors (Lipinski definition) is 0. The summed E-state index contributed by atoms with van der Waals surface area (Å²) in [5, 5.41) is 0. The average Bonchev–Trinajstić information content (AvgIpc) is 3.05. The van der Waals surface area contributed by atoms with Crippen LogP contribution in [0.25, 0.3) is 11.0 Å². The number of benzene rings is 2. The van der Waals surface area contributed by atoms with E-state index in [2.05, 4.69) is 54.5 Å². The Morgan fingerprint density at radius 2 is 1.77 bits per heavy atom. The lowest BCUT2D eigenvalue weighted by atomic mass is 10.1. The maximum Gasteiger partial charge on any atom is 0.242 e. The second-order valence-electron chi connectivity index (χ2n) is 7.85. The van der Waals surface area contributed by atoms with E-state index < -0.39 is 10.0 Å². The van der Waals surface area contributed by atoms with Gasteiger partial charge in [-0.05, 0) is 49.2 Å². The third-order valence-corrected chi connectivity index (χ3v) is 7.30. The zero-order valence-corrected chi connectivity index (χ0v) is 19.4. The van der Waals surface area contributed by atoms with Gasteiger partial charge in [-0.1, -0.05) is 38.1 Å². The van der Waals surface area contributed by atoms with Crippen molar-refractivity contribution in [3.8, 4) is 0 Å². The van der Waals surface area contributed by atoms with Gasteiger partial charge in [0.15, 0.2) is 0 Å². The highest BCUT2D eigenvalue weighted by Crippen LogP contribution is 2.24. The molecule has 0 spiro atoms. The molecule has 0 saturated carbocycles. The zero-order chi connectivity index (χ0) is 21.9. The molecule has 0 amide bonds. The van der Waals surface area contributed by atoms with Gasteiger partial charge in [0.2, 0.25) is 10.0 Å². The molecule has 0 N–H and O–H groups in total. The van der Waals surface area contributed by atoms with E-state index in [4.69, 9.17) is 4.98 Å². The Balaban J connectivity index is 1.97. The Morgan fingerprint density at radius 1 is 1.03 bits per heavy atom. The van der Waals surface area contributed by atoms with Gasteiger partial charge in [-0.3, -0.25) is 4.90 Å². The van der Waals surface area contributed by atoms with Crippen molar-refractivity contribution in [2.75, 3.05) is 20.6 Å². The molecule has 0 unspecified atom stereocenters. The van der Waals surface area contributed by atoms with E-state index in [1.807, 2.05) is 6.07 Å². The molecule has 3 aromatic rings. The van der Waals surface area contributed by atoms with Crippen molar-refractivity contribution in [3.05, 3.63) is 59.4 Å². The number of fused-ring (bicyclic) bond motifs is 1. The van der Waals surface area contributed by atoms with Gasteiger partial charge in [0, 0.05) is 27.2 Å². The SMILES string of the molecule is CCCn1c(CN(CC)Cc2ccccc2C)nc2cc(S(=O)(=O)N(C)C)ccc21. The van der Waals surface area contributed by atoms with E-state index in [1.165, 1.54) is 15.4 Å². The molecule has 1 heterocycles. The highest BCUT2D eigenvalue weighted by atomic mass is 32.2. The normalized spacial score (nSPS) is 12.4. The average molecular weight is 429 g/mol. The first-order valence-electron chi connectivity index (χ1n) is 10.5. The Bertz CT molecular complexity index is 1120. The van der Waals surface area contributed by atoms with E-state index in [-0.39, 0.29) is 4.90 Å². The number of nitrogens with zero attached hydrogens (tertiary/aromatic N) is 4. The largest absolute Gasteiger partial charge is 0.327 e. The Kier molecular flexibility index (Phi) is 6.95. The number of hydrogen-bond acceptors (Lipinski definition) is 4. The van der Waals surface area contributed by atoms with Crippen LogP contribution in [0.3, 0.4) is 0 Å². The van der Waals surface area contributed by atoms with Crippen molar-refractivity contribution in [3.63, 3.8) is 0 Å². The van der Waals surface area contributed by atoms with Crippen LogP contribution in [0.15, 0.2) is 47.4 Å². The first-order valence-corrected chi connectivity index (χ1v) is 11.9. The van der Waals surface area contributed by atoms with E-state index in [0.29, 0.717) is 0 Å². The highest BCUT2D eigenvalue weighted by molar-refractivity contribution is 7.89. The fourth-order valence-electron chi connectivity index (χ4n) is 3.63. The first kappa shape index (κ1) is 22.5. The number of sulfonamides is 1. The van der Waals surface area contributed by atoms with Crippen molar-refractivity contribution >= 4 is 21.1 Å². The van der Waals surface area contributed by atoms with Crippen LogP contribution in [0.4, 0.5) is 0 Å². The standard InChI is InChI=1S/C23H32N4O2S/c1-6-14-27-22-13-12-20(30(28,29)25(4)5)15-21(22)24-23(27)17-26(7-2)16-19-11-9-8-10-18(19)3/h8-13,15H,6-7,14,16-17H2,1-5H3. The molecule has 3 rings (SSSR count). The van der Waals surface area contributed by atoms with Crippen LogP contribution < -0.4 is 0 Å². The van der Waals surface area contributed by atoms with Crippen LogP contribution in [0, 0.1) is 6.92 Å². The summed E-state index contributed by atoms with van der Waals surface area (Å²) >= 11 is 0. The minimum absolute atomic E-state index is 0.278. The Labute approximate surface area is 180 Å². The monoisotopic (exact) mass is 428 g/mol. The third kappa shape index (κ3) is 4.58. The quantitative estimate of drug-likeness (QED) is 0.516. The zero-order valence-electron chi connectivity index (χ0n) is 18.6. The van der Waals surface area contributed by atoms with Crippen molar-refractivity contribution in [2.45, 2.75) is 51.7 Å².